The number of hydrogen-bond acceptors (Lipinski definition) is 5. The molecule has 118 valence electrons. The Balaban J connectivity index is 1.83. The lowest BCUT2D eigenvalue weighted by Crippen LogP contribution is -2.54. The molecule has 3 heterocycles. The lowest BCUT2D eigenvalue weighted by molar-refractivity contribution is -0.142. The Morgan fingerprint density at radius 3 is 2.86 bits per heavy atom. The minimum atomic E-state index is -0.575. The number of aryl methyl sites for hydroxylation is 1. The van der Waals surface area contributed by atoms with Gasteiger partial charge in [-0.2, -0.15) is 5.10 Å². The van der Waals surface area contributed by atoms with Crippen molar-refractivity contribution in [1.29, 1.82) is 0 Å². The first kappa shape index (κ1) is 15.2. The highest BCUT2D eigenvalue weighted by molar-refractivity contribution is 7.09. The number of carbonyl (C=O) groups excluding carboxylic acids is 1. The van der Waals surface area contributed by atoms with Crippen LogP contribution in [0.1, 0.15) is 23.5 Å². The van der Waals surface area contributed by atoms with Gasteiger partial charge in [0, 0.05) is 24.8 Å². The fraction of sp³-hybridized carbons (Fsp3) is 0.533. The lowest BCUT2D eigenvalue weighted by Gasteiger charge is -2.39. The molecule has 0 spiro atoms. The fourth-order valence-electron chi connectivity index (χ4n) is 3.05. The van der Waals surface area contributed by atoms with E-state index in [-0.39, 0.29) is 5.91 Å². The molecule has 2 aromatic rings. The zero-order chi connectivity index (χ0) is 15.6. The summed E-state index contributed by atoms with van der Waals surface area (Å²) in [6.07, 6.45) is 5.15. The van der Waals surface area contributed by atoms with Gasteiger partial charge in [0.1, 0.15) is 5.54 Å². The summed E-state index contributed by atoms with van der Waals surface area (Å²) in [5.74, 6) is 0.114. The van der Waals surface area contributed by atoms with Crippen molar-refractivity contribution in [1.82, 2.24) is 25.0 Å². The van der Waals surface area contributed by atoms with E-state index in [1.54, 1.807) is 22.4 Å². The number of hydrogen-bond donors (Lipinski definition) is 1. The topological polar surface area (TPSA) is 63.1 Å². The Labute approximate surface area is 134 Å². The summed E-state index contributed by atoms with van der Waals surface area (Å²) in [6, 6.07) is 1.88. The largest absolute Gasteiger partial charge is 0.338 e. The van der Waals surface area contributed by atoms with Gasteiger partial charge in [-0.15, -0.1) is 11.3 Å². The van der Waals surface area contributed by atoms with Gasteiger partial charge in [0.15, 0.2) is 0 Å². The van der Waals surface area contributed by atoms with Gasteiger partial charge in [0.25, 0.3) is 5.91 Å². The molecule has 7 heteroatoms. The third-order valence-corrected chi connectivity index (χ3v) is 5.01. The van der Waals surface area contributed by atoms with E-state index in [4.69, 9.17) is 0 Å². The Morgan fingerprint density at radius 1 is 1.50 bits per heavy atom. The Morgan fingerprint density at radius 2 is 2.27 bits per heavy atom. The summed E-state index contributed by atoms with van der Waals surface area (Å²) in [5, 5.41) is 10.7. The number of nitrogens with zero attached hydrogens (tertiary/aromatic N) is 4. The number of rotatable bonds is 4. The predicted octanol–water partition coefficient (Wildman–Crippen LogP) is 1.39. The molecule has 1 N–H and O–H groups in total. The monoisotopic (exact) mass is 319 g/mol. The lowest BCUT2D eigenvalue weighted by atomic mass is 9.87. The molecule has 0 unspecified atom stereocenters. The summed E-state index contributed by atoms with van der Waals surface area (Å²) in [6.45, 7) is 4.18. The van der Waals surface area contributed by atoms with Gasteiger partial charge in [0.2, 0.25) is 0 Å². The first-order valence-corrected chi connectivity index (χ1v) is 8.37. The molecule has 1 saturated heterocycles. The maximum atomic E-state index is 13.1. The number of carbonyl (C=O) groups is 1. The van der Waals surface area contributed by atoms with Crippen LogP contribution in [0, 0.1) is 6.92 Å². The quantitative estimate of drug-likeness (QED) is 0.925. The highest BCUT2D eigenvalue weighted by Gasteiger charge is 2.43. The number of amides is 1. The normalized spacial score (nSPS) is 17.4. The van der Waals surface area contributed by atoms with Gasteiger partial charge < -0.3 is 10.2 Å². The van der Waals surface area contributed by atoms with Gasteiger partial charge in [-0.25, -0.2) is 4.98 Å². The summed E-state index contributed by atoms with van der Waals surface area (Å²) >= 11 is 1.61. The molecule has 0 aromatic carbocycles. The molecular weight excluding hydrogens is 298 g/mol. The Kier molecular flexibility index (Phi) is 4.26. The van der Waals surface area contributed by atoms with Gasteiger partial charge >= 0.3 is 0 Å². The van der Waals surface area contributed by atoms with Crippen LogP contribution in [0.4, 0.5) is 0 Å². The molecular formula is C15H21N5OS. The van der Waals surface area contributed by atoms with Gasteiger partial charge in [-0.1, -0.05) is 0 Å². The maximum Gasteiger partial charge on any atom is 0.250 e. The van der Waals surface area contributed by atoms with Crippen molar-refractivity contribution in [3.8, 4) is 0 Å². The van der Waals surface area contributed by atoms with Crippen LogP contribution in [0.3, 0.4) is 0 Å². The van der Waals surface area contributed by atoms with Gasteiger partial charge in [-0.3, -0.25) is 9.48 Å². The van der Waals surface area contributed by atoms with E-state index in [1.807, 2.05) is 36.3 Å². The molecule has 0 atom stereocenters. The molecule has 1 amide bonds. The zero-order valence-corrected chi connectivity index (χ0v) is 13.8. The third kappa shape index (κ3) is 2.78. The number of likely N-dealkylation sites (N-methyl/N-ethyl adjacent to an activating group) is 1. The minimum absolute atomic E-state index is 0.114. The standard InChI is InChI=1S/C15H21N5OS/c1-12-18-13(11-22-12)10-19(2)14(21)15(4-7-16-8-5-15)20-9-3-6-17-20/h3,6,9,11,16H,4-5,7-8,10H2,1-2H3. The SMILES string of the molecule is Cc1nc(CN(C)C(=O)C2(n3cccn3)CCNCC2)cs1. The van der Waals surface area contributed by atoms with Crippen molar-refractivity contribution in [2.24, 2.45) is 0 Å². The van der Waals surface area contributed by atoms with Crippen LogP contribution in [-0.2, 0) is 16.9 Å². The fourth-order valence-corrected chi connectivity index (χ4v) is 3.66. The van der Waals surface area contributed by atoms with E-state index in [0.717, 1.165) is 36.6 Å². The number of nitrogens with one attached hydrogen (secondary N) is 1. The summed E-state index contributed by atoms with van der Waals surface area (Å²) < 4.78 is 1.83. The molecule has 6 nitrogen and oxygen atoms in total. The predicted molar refractivity (Wildman–Crippen MR) is 85.6 cm³/mol. The average Bonchev–Trinajstić information content (AvgIpc) is 3.19. The van der Waals surface area contributed by atoms with Crippen LogP contribution >= 0.6 is 11.3 Å². The molecule has 0 bridgehead atoms. The van der Waals surface area contributed by atoms with Gasteiger partial charge in [0.05, 0.1) is 17.2 Å². The van der Waals surface area contributed by atoms with Crippen molar-refractivity contribution in [3.05, 3.63) is 34.5 Å². The highest BCUT2D eigenvalue weighted by Crippen LogP contribution is 2.29. The molecule has 0 saturated carbocycles. The maximum absolute atomic E-state index is 13.1. The number of thiazole rings is 1. The molecule has 1 aliphatic heterocycles. The van der Waals surface area contributed by atoms with E-state index >= 15 is 0 Å². The number of aromatic nitrogens is 3. The van der Waals surface area contributed by atoms with Crippen molar-refractivity contribution in [2.75, 3.05) is 20.1 Å². The summed E-state index contributed by atoms with van der Waals surface area (Å²) in [4.78, 5) is 19.4. The van der Waals surface area contributed by atoms with Crippen LogP contribution in [0.25, 0.3) is 0 Å². The van der Waals surface area contributed by atoms with Crippen molar-refractivity contribution >= 4 is 17.2 Å². The van der Waals surface area contributed by atoms with Crippen LogP contribution in [0.5, 0.6) is 0 Å². The van der Waals surface area contributed by atoms with Crippen LogP contribution in [0.15, 0.2) is 23.8 Å². The molecule has 3 rings (SSSR count). The molecule has 1 fully saturated rings. The van der Waals surface area contributed by atoms with Crippen LogP contribution in [-0.4, -0.2) is 45.7 Å². The molecule has 0 radical (unpaired) electrons. The second-order valence-electron chi connectivity index (χ2n) is 5.75. The van der Waals surface area contributed by atoms with E-state index in [0.29, 0.717) is 6.54 Å². The molecule has 0 aliphatic carbocycles. The van der Waals surface area contributed by atoms with Crippen molar-refractivity contribution in [3.63, 3.8) is 0 Å². The highest BCUT2D eigenvalue weighted by atomic mass is 32.1. The van der Waals surface area contributed by atoms with E-state index in [1.165, 1.54) is 0 Å². The summed E-state index contributed by atoms with van der Waals surface area (Å²) in [7, 11) is 1.85. The minimum Gasteiger partial charge on any atom is -0.338 e. The average molecular weight is 319 g/mol. The Hall–Kier alpha value is -1.73. The molecule has 22 heavy (non-hydrogen) atoms. The van der Waals surface area contributed by atoms with E-state index in [2.05, 4.69) is 15.4 Å². The first-order valence-electron chi connectivity index (χ1n) is 7.49. The second-order valence-corrected chi connectivity index (χ2v) is 6.81. The van der Waals surface area contributed by atoms with E-state index < -0.39 is 5.54 Å². The Bertz CT molecular complexity index is 630. The van der Waals surface area contributed by atoms with Crippen molar-refractivity contribution in [2.45, 2.75) is 31.8 Å². The third-order valence-electron chi connectivity index (χ3n) is 4.18. The second kappa shape index (κ2) is 6.18. The van der Waals surface area contributed by atoms with E-state index in [9.17, 15) is 4.79 Å². The number of piperidine rings is 1. The van der Waals surface area contributed by atoms with Crippen molar-refractivity contribution < 1.29 is 4.79 Å². The van der Waals surface area contributed by atoms with Crippen LogP contribution < -0.4 is 5.32 Å². The zero-order valence-electron chi connectivity index (χ0n) is 13.0. The smallest absolute Gasteiger partial charge is 0.250 e. The molecule has 2 aromatic heterocycles. The van der Waals surface area contributed by atoms with Gasteiger partial charge in [-0.05, 0) is 38.9 Å². The summed E-state index contributed by atoms with van der Waals surface area (Å²) in [5.41, 5.74) is 0.372. The first-order chi connectivity index (χ1) is 10.6. The van der Waals surface area contributed by atoms with Crippen LogP contribution in [0.2, 0.25) is 0 Å². The molecule has 1 aliphatic rings.